The van der Waals surface area contributed by atoms with Gasteiger partial charge in [0.25, 0.3) is 0 Å². The number of allylic oxidation sites excluding steroid dienone is 3. The van der Waals surface area contributed by atoms with E-state index in [9.17, 15) is 0 Å². The SMILES string of the molecule is C=C(C)CCCC(OCCC(C)C)=C(C)C. The van der Waals surface area contributed by atoms with E-state index in [1.165, 1.54) is 16.9 Å². The van der Waals surface area contributed by atoms with Gasteiger partial charge in [0.05, 0.1) is 12.4 Å². The van der Waals surface area contributed by atoms with Gasteiger partial charge in [0, 0.05) is 6.42 Å². The third kappa shape index (κ3) is 8.58. The van der Waals surface area contributed by atoms with Crippen molar-refractivity contribution in [3.05, 3.63) is 23.5 Å². The molecule has 0 spiro atoms. The second kappa shape index (κ2) is 8.43. The predicted octanol–water partition coefficient (Wildman–Crippen LogP) is 5.09. The molecule has 94 valence electrons. The molecule has 0 saturated carbocycles. The van der Waals surface area contributed by atoms with Gasteiger partial charge in [-0.15, -0.1) is 6.58 Å². The second-order valence-electron chi connectivity index (χ2n) is 5.26. The largest absolute Gasteiger partial charge is 0.498 e. The molecule has 0 aliphatic carbocycles. The summed E-state index contributed by atoms with van der Waals surface area (Å²) in [5, 5.41) is 0. The Hall–Kier alpha value is -0.720. The maximum Gasteiger partial charge on any atom is 0.0946 e. The lowest BCUT2D eigenvalue weighted by molar-refractivity contribution is 0.182. The standard InChI is InChI=1S/C15H28O/c1-12(2)8-7-9-15(14(5)6)16-11-10-13(3)4/h13H,1,7-11H2,2-6H3. The Morgan fingerprint density at radius 2 is 1.75 bits per heavy atom. The Balaban J connectivity index is 3.91. The van der Waals surface area contributed by atoms with Crippen molar-refractivity contribution in [2.75, 3.05) is 6.61 Å². The van der Waals surface area contributed by atoms with Crippen LogP contribution >= 0.6 is 0 Å². The highest BCUT2D eigenvalue weighted by atomic mass is 16.5. The molecule has 0 aromatic carbocycles. The van der Waals surface area contributed by atoms with Crippen LogP contribution in [0.1, 0.15) is 60.3 Å². The molecule has 0 atom stereocenters. The maximum atomic E-state index is 5.85. The Morgan fingerprint density at radius 3 is 2.19 bits per heavy atom. The fourth-order valence-electron chi connectivity index (χ4n) is 1.44. The maximum absolute atomic E-state index is 5.85. The molecule has 0 unspecified atom stereocenters. The minimum absolute atomic E-state index is 0.717. The van der Waals surface area contributed by atoms with Crippen LogP contribution in [0.15, 0.2) is 23.5 Å². The third-order valence-corrected chi connectivity index (χ3v) is 2.54. The molecular formula is C15H28O. The van der Waals surface area contributed by atoms with Crippen LogP contribution in [0.2, 0.25) is 0 Å². The van der Waals surface area contributed by atoms with Crippen molar-refractivity contribution in [3.63, 3.8) is 0 Å². The monoisotopic (exact) mass is 224 g/mol. The lowest BCUT2D eigenvalue weighted by Crippen LogP contribution is -2.01. The summed E-state index contributed by atoms with van der Waals surface area (Å²) >= 11 is 0. The highest BCUT2D eigenvalue weighted by molar-refractivity contribution is 5.03. The van der Waals surface area contributed by atoms with E-state index in [1.807, 2.05) is 0 Å². The van der Waals surface area contributed by atoms with Gasteiger partial charge >= 0.3 is 0 Å². The highest BCUT2D eigenvalue weighted by Gasteiger charge is 2.02. The zero-order valence-electron chi connectivity index (χ0n) is 11.7. The van der Waals surface area contributed by atoms with Gasteiger partial charge in [-0.1, -0.05) is 19.4 Å². The van der Waals surface area contributed by atoms with Gasteiger partial charge in [-0.05, 0) is 51.5 Å². The summed E-state index contributed by atoms with van der Waals surface area (Å²) in [6.07, 6.45) is 4.44. The second-order valence-corrected chi connectivity index (χ2v) is 5.26. The number of hydrogen-bond acceptors (Lipinski definition) is 1. The molecule has 1 nitrogen and oxygen atoms in total. The van der Waals surface area contributed by atoms with E-state index in [0.29, 0.717) is 5.92 Å². The summed E-state index contributed by atoms with van der Waals surface area (Å²) in [6, 6.07) is 0. The van der Waals surface area contributed by atoms with E-state index in [1.54, 1.807) is 0 Å². The molecule has 0 radical (unpaired) electrons. The summed E-state index contributed by atoms with van der Waals surface area (Å²) in [5.74, 6) is 1.90. The first-order chi connectivity index (χ1) is 7.43. The zero-order chi connectivity index (χ0) is 12.6. The van der Waals surface area contributed by atoms with Crippen molar-refractivity contribution in [1.29, 1.82) is 0 Å². The number of rotatable bonds is 8. The van der Waals surface area contributed by atoms with Gasteiger partial charge in [-0.3, -0.25) is 0 Å². The van der Waals surface area contributed by atoms with Crippen molar-refractivity contribution < 1.29 is 4.74 Å². The molecule has 0 aromatic heterocycles. The Bertz CT molecular complexity index is 232. The summed E-state index contributed by atoms with van der Waals surface area (Å²) in [5.41, 5.74) is 2.57. The summed E-state index contributed by atoms with van der Waals surface area (Å²) in [4.78, 5) is 0. The summed E-state index contributed by atoms with van der Waals surface area (Å²) < 4.78 is 5.85. The van der Waals surface area contributed by atoms with Gasteiger partial charge in [-0.25, -0.2) is 0 Å². The van der Waals surface area contributed by atoms with Crippen molar-refractivity contribution in [3.8, 4) is 0 Å². The van der Waals surface area contributed by atoms with Crippen molar-refractivity contribution in [1.82, 2.24) is 0 Å². The minimum Gasteiger partial charge on any atom is -0.498 e. The fraction of sp³-hybridized carbons (Fsp3) is 0.733. The van der Waals surface area contributed by atoms with Crippen LogP contribution in [0.3, 0.4) is 0 Å². The van der Waals surface area contributed by atoms with Crippen molar-refractivity contribution >= 4 is 0 Å². The molecule has 0 heterocycles. The first-order valence-corrected chi connectivity index (χ1v) is 6.37. The smallest absolute Gasteiger partial charge is 0.0946 e. The van der Waals surface area contributed by atoms with Crippen LogP contribution in [-0.4, -0.2) is 6.61 Å². The Morgan fingerprint density at radius 1 is 1.12 bits per heavy atom. The van der Waals surface area contributed by atoms with E-state index in [2.05, 4.69) is 41.2 Å². The van der Waals surface area contributed by atoms with E-state index in [4.69, 9.17) is 4.74 Å². The quantitative estimate of drug-likeness (QED) is 0.412. The van der Waals surface area contributed by atoms with Gasteiger partial charge in [-0.2, -0.15) is 0 Å². The molecule has 1 heteroatoms. The van der Waals surface area contributed by atoms with Crippen molar-refractivity contribution in [2.24, 2.45) is 5.92 Å². The van der Waals surface area contributed by atoms with Gasteiger partial charge in [0.2, 0.25) is 0 Å². The first-order valence-electron chi connectivity index (χ1n) is 6.37. The van der Waals surface area contributed by atoms with Crippen LogP contribution < -0.4 is 0 Å². The molecule has 0 aromatic rings. The van der Waals surface area contributed by atoms with Crippen LogP contribution in [0.4, 0.5) is 0 Å². The molecular weight excluding hydrogens is 196 g/mol. The summed E-state index contributed by atoms with van der Waals surface area (Å²) in [7, 11) is 0. The van der Waals surface area contributed by atoms with Gasteiger partial charge in [0.1, 0.15) is 0 Å². The fourth-order valence-corrected chi connectivity index (χ4v) is 1.44. The van der Waals surface area contributed by atoms with Crippen LogP contribution in [0, 0.1) is 5.92 Å². The average molecular weight is 224 g/mol. The summed E-state index contributed by atoms with van der Waals surface area (Å²) in [6.45, 7) is 15.6. The molecule has 0 fully saturated rings. The van der Waals surface area contributed by atoms with E-state index in [-0.39, 0.29) is 0 Å². The normalized spacial score (nSPS) is 10.4. The van der Waals surface area contributed by atoms with Gasteiger partial charge < -0.3 is 4.74 Å². The van der Waals surface area contributed by atoms with E-state index in [0.717, 1.165) is 32.3 Å². The van der Waals surface area contributed by atoms with Crippen LogP contribution in [-0.2, 0) is 4.74 Å². The predicted molar refractivity (Wildman–Crippen MR) is 72.4 cm³/mol. The topological polar surface area (TPSA) is 9.23 Å². The van der Waals surface area contributed by atoms with E-state index >= 15 is 0 Å². The lowest BCUT2D eigenvalue weighted by Gasteiger charge is -2.13. The van der Waals surface area contributed by atoms with E-state index < -0.39 is 0 Å². The Labute approximate surface area is 102 Å². The lowest BCUT2D eigenvalue weighted by atomic mass is 10.1. The van der Waals surface area contributed by atoms with Gasteiger partial charge in [0.15, 0.2) is 0 Å². The molecule has 0 aliphatic rings. The number of hydrogen-bond donors (Lipinski definition) is 0. The molecule has 0 amide bonds. The number of ether oxygens (including phenoxy) is 1. The first kappa shape index (κ1) is 15.3. The highest BCUT2D eigenvalue weighted by Crippen LogP contribution is 2.16. The molecule has 0 N–H and O–H groups in total. The molecule has 0 bridgehead atoms. The Kier molecular flexibility index (Phi) is 8.05. The average Bonchev–Trinajstić information content (AvgIpc) is 2.14. The molecule has 0 aliphatic heterocycles. The third-order valence-electron chi connectivity index (χ3n) is 2.54. The van der Waals surface area contributed by atoms with Crippen LogP contribution in [0.5, 0.6) is 0 Å². The molecule has 0 saturated heterocycles. The van der Waals surface area contributed by atoms with Crippen LogP contribution in [0.25, 0.3) is 0 Å². The zero-order valence-corrected chi connectivity index (χ0v) is 11.7. The minimum atomic E-state index is 0.717. The molecule has 0 rings (SSSR count). The van der Waals surface area contributed by atoms with Crippen molar-refractivity contribution in [2.45, 2.75) is 60.3 Å². The molecule has 16 heavy (non-hydrogen) atoms.